The zero-order valence-electron chi connectivity index (χ0n) is 11.3. The van der Waals surface area contributed by atoms with Crippen molar-refractivity contribution < 1.29 is 9.72 Å². The van der Waals surface area contributed by atoms with Crippen LogP contribution < -0.4 is 4.90 Å². The standard InChI is InChI=1S/C15H11ClN2O3S/c16-11-4-6-12(7-5-11)17-14(19)9-22-15(17)10-2-1-3-13(8-10)18(20)21/h1-8,15H,9H2. The van der Waals surface area contributed by atoms with Crippen molar-refractivity contribution in [3.8, 4) is 0 Å². The van der Waals surface area contributed by atoms with Crippen molar-refractivity contribution in [3.63, 3.8) is 0 Å². The number of rotatable bonds is 3. The monoisotopic (exact) mass is 334 g/mol. The van der Waals surface area contributed by atoms with Crippen molar-refractivity contribution in [1.82, 2.24) is 0 Å². The molecule has 5 nitrogen and oxygen atoms in total. The van der Waals surface area contributed by atoms with Gasteiger partial charge in [-0.1, -0.05) is 23.7 Å². The summed E-state index contributed by atoms with van der Waals surface area (Å²) in [7, 11) is 0. The Labute approximate surface area is 136 Å². The maximum Gasteiger partial charge on any atom is 0.269 e. The molecule has 0 bridgehead atoms. The topological polar surface area (TPSA) is 63.4 Å². The van der Waals surface area contributed by atoms with Crippen molar-refractivity contribution in [1.29, 1.82) is 0 Å². The van der Waals surface area contributed by atoms with E-state index in [0.717, 1.165) is 11.3 Å². The zero-order chi connectivity index (χ0) is 15.7. The van der Waals surface area contributed by atoms with E-state index >= 15 is 0 Å². The second-order valence-corrected chi connectivity index (χ2v) is 6.26. The van der Waals surface area contributed by atoms with E-state index in [9.17, 15) is 14.9 Å². The fourth-order valence-electron chi connectivity index (χ4n) is 2.34. The van der Waals surface area contributed by atoms with E-state index in [2.05, 4.69) is 0 Å². The molecule has 1 aliphatic heterocycles. The minimum atomic E-state index is -0.433. The summed E-state index contributed by atoms with van der Waals surface area (Å²) in [6, 6.07) is 13.4. The fourth-order valence-corrected chi connectivity index (χ4v) is 3.64. The van der Waals surface area contributed by atoms with Crippen LogP contribution in [-0.4, -0.2) is 16.6 Å². The summed E-state index contributed by atoms with van der Waals surface area (Å²) in [5.41, 5.74) is 1.49. The fraction of sp³-hybridized carbons (Fsp3) is 0.133. The van der Waals surface area contributed by atoms with Crippen molar-refractivity contribution >= 4 is 40.6 Å². The minimum absolute atomic E-state index is 0.0218. The number of carbonyl (C=O) groups is 1. The van der Waals surface area contributed by atoms with Gasteiger partial charge in [0.15, 0.2) is 0 Å². The SMILES string of the molecule is O=C1CSC(c2cccc([N+](=O)[O-])c2)N1c1ccc(Cl)cc1. The van der Waals surface area contributed by atoms with Gasteiger partial charge in [-0.25, -0.2) is 0 Å². The van der Waals surface area contributed by atoms with Gasteiger partial charge in [-0.2, -0.15) is 0 Å². The molecule has 0 N–H and O–H groups in total. The van der Waals surface area contributed by atoms with Gasteiger partial charge in [-0.05, 0) is 29.8 Å². The maximum atomic E-state index is 12.2. The molecule has 1 heterocycles. The highest BCUT2D eigenvalue weighted by atomic mass is 35.5. The first-order valence-electron chi connectivity index (χ1n) is 6.50. The van der Waals surface area contributed by atoms with Crippen LogP contribution in [-0.2, 0) is 4.79 Å². The number of nitro groups is 1. The highest BCUT2D eigenvalue weighted by molar-refractivity contribution is 8.00. The summed E-state index contributed by atoms with van der Waals surface area (Å²) in [4.78, 5) is 24.3. The van der Waals surface area contributed by atoms with Gasteiger partial charge >= 0.3 is 0 Å². The number of nitro benzene ring substituents is 1. The van der Waals surface area contributed by atoms with Gasteiger partial charge in [-0.15, -0.1) is 11.8 Å². The molecule has 1 saturated heterocycles. The average molecular weight is 335 g/mol. The van der Waals surface area contributed by atoms with Crippen LogP contribution in [0.3, 0.4) is 0 Å². The second-order valence-electron chi connectivity index (χ2n) is 4.76. The number of thioether (sulfide) groups is 1. The average Bonchev–Trinajstić information content (AvgIpc) is 2.90. The van der Waals surface area contributed by atoms with Crippen LogP contribution in [0, 0.1) is 10.1 Å². The molecule has 2 aromatic rings. The number of hydrogen-bond donors (Lipinski definition) is 0. The van der Waals surface area contributed by atoms with E-state index in [-0.39, 0.29) is 17.0 Å². The molecule has 0 spiro atoms. The van der Waals surface area contributed by atoms with Crippen molar-refractivity contribution in [3.05, 3.63) is 69.2 Å². The Balaban J connectivity index is 1.98. The second kappa shape index (κ2) is 5.98. The largest absolute Gasteiger partial charge is 0.295 e. The molecule has 1 unspecified atom stereocenters. The van der Waals surface area contributed by atoms with Crippen molar-refractivity contribution in [2.45, 2.75) is 5.37 Å². The number of benzene rings is 2. The van der Waals surface area contributed by atoms with Gasteiger partial charge in [0, 0.05) is 22.8 Å². The smallest absolute Gasteiger partial charge is 0.269 e. The number of non-ortho nitro benzene ring substituents is 1. The molecule has 3 rings (SSSR count). The molecule has 0 aliphatic carbocycles. The van der Waals surface area contributed by atoms with Crippen LogP contribution >= 0.6 is 23.4 Å². The lowest BCUT2D eigenvalue weighted by atomic mass is 10.1. The van der Waals surface area contributed by atoms with Crippen LogP contribution in [0.1, 0.15) is 10.9 Å². The molecule has 112 valence electrons. The van der Waals surface area contributed by atoms with Crippen LogP contribution in [0.2, 0.25) is 5.02 Å². The summed E-state index contributed by atoms with van der Waals surface area (Å²) in [5, 5.41) is 11.2. The van der Waals surface area contributed by atoms with Crippen molar-refractivity contribution in [2.24, 2.45) is 0 Å². The van der Waals surface area contributed by atoms with E-state index < -0.39 is 4.92 Å². The maximum absolute atomic E-state index is 12.2. The van der Waals surface area contributed by atoms with Crippen molar-refractivity contribution in [2.75, 3.05) is 10.7 Å². The van der Waals surface area contributed by atoms with Crippen LogP contribution in [0.15, 0.2) is 48.5 Å². The van der Waals surface area contributed by atoms with Crippen LogP contribution in [0.4, 0.5) is 11.4 Å². The first-order chi connectivity index (χ1) is 10.6. The number of nitrogens with zero attached hydrogens (tertiary/aromatic N) is 2. The van der Waals surface area contributed by atoms with Gasteiger partial charge in [0.1, 0.15) is 5.37 Å². The Bertz CT molecular complexity index is 736. The van der Waals surface area contributed by atoms with E-state index in [0.29, 0.717) is 10.8 Å². The molecule has 2 aromatic carbocycles. The quantitative estimate of drug-likeness (QED) is 0.628. The van der Waals surface area contributed by atoms with Gasteiger partial charge in [-0.3, -0.25) is 19.8 Å². The molecule has 0 aromatic heterocycles. The Hall–Kier alpha value is -2.05. The molecule has 1 amide bonds. The summed E-state index contributed by atoms with van der Waals surface area (Å²) in [5.74, 6) is 0.319. The highest BCUT2D eigenvalue weighted by Crippen LogP contribution is 2.42. The number of carbonyl (C=O) groups excluding carboxylic acids is 1. The third-order valence-corrected chi connectivity index (χ3v) is 4.80. The third kappa shape index (κ3) is 2.80. The Morgan fingerprint density at radius 3 is 2.64 bits per heavy atom. The van der Waals surface area contributed by atoms with E-state index in [4.69, 9.17) is 11.6 Å². The van der Waals surface area contributed by atoms with E-state index in [1.54, 1.807) is 41.3 Å². The predicted octanol–water partition coefficient (Wildman–Crippen LogP) is 4.03. The Morgan fingerprint density at radius 2 is 1.95 bits per heavy atom. The normalized spacial score (nSPS) is 17.8. The summed E-state index contributed by atoms with van der Waals surface area (Å²) in [6.07, 6.45) is 0. The van der Waals surface area contributed by atoms with Gasteiger partial charge < -0.3 is 0 Å². The molecule has 0 saturated carbocycles. The Morgan fingerprint density at radius 1 is 1.23 bits per heavy atom. The summed E-state index contributed by atoms with van der Waals surface area (Å²) >= 11 is 7.33. The number of anilines is 1. The Kier molecular flexibility index (Phi) is 4.04. The molecular weight excluding hydrogens is 324 g/mol. The first-order valence-corrected chi connectivity index (χ1v) is 7.92. The van der Waals surface area contributed by atoms with Crippen LogP contribution in [0.5, 0.6) is 0 Å². The number of hydrogen-bond acceptors (Lipinski definition) is 4. The molecule has 22 heavy (non-hydrogen) atoms. The number of halogens is 1. The molecule has 1 fully saturated rings. The van der Waals surface area contributed by atoms with E-state index in [1.807, 2.05) is 0 Å². The molecule has 1 atom stereocenters. The van der Waals surface area contributed by atoms with Gasteiger partial charge in [0.05, 0.1) is 10.7 Å². The van der Waals surface area contributed by atoms with Gasteiger partial charge in [0.25, 0.3) is 5.69 Å². The minimum Gasteiger partial charge on any atom is -0.295 e. The lowest BCUT2D eigenvalue weighted by molar-refractivity contribution is -0.384. The molecule has 1 aliphatic rings. The molecular formula is C15H11ClN2O3S. The van der Waals surface area contributed by atoms with Crippen LogP contribution in [0.25, 0.3) is 0 Å². The lowest BCUT2D eigenvalue weighted by Gasteiger charge is -2.24. The lowest BCUT2D eigenvalue weighted by Crippen LogP contribution is -2.27. The summed E-state index contributed by atoms with van der Waals surface area (Å²) in [6.45, 7) is 0. The van der Waals surface area contributed by atoms with Gasteiger partial charge in [0.2, 0.25) is 5.91 Å². The first kappa shape index (κ1) is 14.9. The van der Waals surface area contributed by atoms with E-state index in [1.165, 1.54) is 23.9 Å². The predicted molar refractivity (Wildman–Crippen MR) is 87.2 cm³/mol. The molecule has 7 heteroatoms. The zero-order valence-corrected chi connectivity index (χ0v) is 12.9. The highest BCUT2D eigenvalue weighted by Gasteiger charge is 2.34. The summed E-state index contributed by atoms with van der Waals surface area (Å²) < 4.78 is 0. The molecule has 0 radical (unpaired) electrons. The third-order valence-electron chi connectivity index (χ3n) is 3.34. The number of amides is 1.